The van der Waals surface area contributed by atoms with Crippen LogP contribution in [-0.4, -0.2) is 28.0 Å². The van der Waals surface area contributed by atoms with Crippen molar-refractivity contribution in [1.82, 2.24) is 9.97 Å². The lowest BCUT2D eigenvalue weighted by atomic mass is 10.0. The Hall–Kier alpha value is -2.34. The van der Waals surface area contributed by atoms with Crippen LogP contribution in [0.1, 0.15) is 10.5 Å². The van der Waals surface area contributed by atoms with E-state index in [0.29, 0.717) is 17.8 Å². The van der Waals surface area contributed by atoms with Gasteiger partial charge in [-0.15, -0.1) is 0 Å². The molecule has 3 heterocycles. The van der Waals surface area contributed by atoms with Gasteiger partial charge in [-0.1, -0.05) is 0 Å². The number of benzene rings is 1. The number of rotatable bonds is 3. The van der Waals surface area contributed by atoms with Crippen LogP contribution in [0.2, 0.25) is 0 Å². The molecule has 3 aromatic rings. The van der Waals surface area contributed by atoms with Gasteiger partial charge in [0.15, 0.2) is 5.78 Å². The molecule has 1 aromatic carbocycles. The van der Waals surface area contributed by atoms with Gasteiger partial charge in [0.05, 0.1) is 23.5 Å². The van der Waals surface area contributed by atoms with Crippen molar-refractivity contribution in [2.24, 2.45) is 5.92 Å². The van der Waals surface area contributed by atoms with E-state index in [1.165, 1.54) is 12.1 Å². The first kappa shape index (κ1) is 14.3. The molecule has 0 radical (unpaired) electrons. The second kappa shape index (κ2) is 5.70. The first-order valence-corrected chi connectivity index (χ1v) is 8.28. The lowest BCUT2D eigenvalue weighted by Gasteiger charge is -2.15. The molecule has 2 aromatic heterocycles. The van der Waals surface area contributed by atoms with Crippen LogP contribution in [0, 0.1) is 11.7 Å². The molecule has 1 unspecified atom stereocenters. The summed E-state index contributed by atoms with van der Waals surface area (Å²) < 4.78 is 15.4. The molecule has 1 saturated heterocycles. The summed E-state index contributed by atoms with van der Waals surface area (Å²) in [6.45, 7) is 0.652. The molecular weight excluding hydrogens is 313 g/mol. The van der Waals surface area contributed by atoms with E-state index in [0.717, 1.165) is 16.8 Å². The van der Waals surface area contributed by atoms with Gasteiger partial charge in [0.2, 0.25) is 0 Å². The molecule has 0 spiro atoms. The molecule has 23 heavy (non-hydrogen) atoms. The Morgan fingerprint density at radius 3 is 3.09 bits per heavy atom. The number of aromatic amines is 1. The minimum Gasteiger partial charge on any atom is -0.352 e. The van der Waals surface area contributed by atoms with Crippen LogP contribution in [0.15, 0.2) is 48.8 Å². The molecule has 1 aliphatic heterocycles. The van der Waals surface area contributed by atoms with Crippen LogP contribution < -0.4 is 4.31 Å². The van der Waals surface area contributed by atoms with Gasteiger partial charge in [0.1, 0.15) is 5.82 Å². The number of Topliss-reactive ketones (excluding diaryl/α,β-unsaturated/α-hetero) is 1. The predicted molar refractivity (Wildman–Crippen MR) is 90.1 cm³/mol. The summed E-state index contributed by atoms with van der Waals surface area (Å²) in [6, 6.07) is 10.2. The summed E-state index contributed by atoms with van der Waals surface area (Å²) in [5.41, 5.74) is 2.21. The molecule has 1 fully saturated rings. The smallest absolute Gasteiger partial charge is 0.184 e. The minimum absolute atomic E-state index is 0.0699. The molecule has 0 bridgehead atoms. The maximum Gasteiger partial charge on any atom is 0.184 e. The highest BCUT2D eigenvalue weighted by atomic mass is 32.2. The number of H-pyrrole nitrogens is 1. The van der Waals surface area contributed by atoms with Gasteiger partial charge in [-0.25, -0.2) is 4.39 Å². The highest BCUT2D eigenvalue weighted by molar-refractivity contribution is 8.00. The number of pyridine rings is 1. The lowest BCUT2D eigenvalue weighted by molar-refractivity contribution is 0.0936. The average Bonchev–Trinajstić information content (AvgIpc) is 3.21. The van der Waals surface area contributed by atoms with E-state index in [2.05, 4.69) is 14.3 Å². The van der Waals surface area contributed by atoms with E-state index in [4.69, 9.17) is 0 Å². The monoisotopic (exact) mass is 327 g/mol. The quantitative estimate of drug-likeness (QED) is 0.589. The van der Waals surface area contributed by atoms with E-state index >= 15 is 0 Å². The Morgan fingerprint density at radius 1 is 1.35 bits per heavy atom. The zero-order valence-corrected chi connectivity index (χ0v) is 13.0. The van der Waals surface area contributed by atoms with Crippen LogP contribution in [0.4, 0.5) is 10.1 Å². The molecule has 6 heteroatoms. The number of nitrogens with zero attached hydrogens (tertiary/aromatic N) is 2. The van der Waals surface area contributed by atoms with E-state index in [1.54, 1.807) is 36.5 Å². The second-order valence-corrected chi connectivity index (χ2v) is 6.58. The molecule has 0 amide bonds. The van der Waals surface area contributed by atoms with Crippen molar-refractivity contribution in [3.8, 4) is 0 Å². The number of halogens is 1. The summed E-state index contributed by atoms with van der Waals surface area (Å²) in [6.07, 6.45) is 3.53. The first-order valence-electron chi connectivity index (χ1n) is 7.34. The third-order valence-electron chi connectivity index (χ3n) is 3.97. The Balaban J connectivity index is 1.55. The Morgan fingerprint density at radius 2 is 2.26 bits per heavy atom. The van der Waals surface area contributed by atoms with Gasteiger partial charge in [-0.05, 0) is 48.3 Å². The van der Waals surface area contributed by atoms with Crippen molar-refractivity contribution < 1.29 is 9.18 Å². The van der Waals surface area contributed by atoms with Gasteiger partial charge in [-0.2, -0.15) is 0 Å². The summed E-state index contributed by atoms with van der Waals surface area (Å²) >= 11 is 1.63. The van der Waals surface area contributed by atoms with Crippen molar-refractivity contribution in [3.63, 3.8) is 0 Å². The molecule has 1 atom stereocenters. The molecule has 1 aliphatic rings. The highest BCUT2D eigenvalue weighted by Gasteiger charge is 2.31. The molecular formula is C17H14FN3OS. The van der Waals surface area contributed by atoms with Crippen molar-refractivity contribution in [1.29, 1.82) is 0 Å². The van der Waals surface area contributed by atoms with Crippen LogP contribution >= 0.6 is 11.9 Å². The van der Waals surface area contributed by atoms with Gasteiger partial charge in [-0.3, -0.25) is 9.78 Å². The maximum absolute atomic E-state index is 13.3. The number of carbonyl (C=O) groups excluding carboxylic acids is 1. The van der Waals surface area contributed by atoms with Gasteiger partial charge in [0, 0.05) is 29.4 Å². The van der Waals surface area contributed by atoms with Gasteiger partial charge in [0.25, 0.3) is 0 Å². The zero-order chi connectivity index (χ0) is 15.8. The van der Waals surface area contributed by atoms with E-state index in [1.807, 2.05) is 12.1 Å². The van der Waals surface area contributed by atoms with Crippen LogP contribution in [-0.2, 0) is 0 Å². The normalized spacial score (nSPS) is 17.8. The van der Waals surface area contributed by atoms with Crippen molar-refractivity contribution >= 4 is 34.3 Å². The minimum atomic E-state index is -0.308. The SMILES string of the molecule is O=C(c1cc2ccc(F)cc2[nH]1)C1CSN(c2cccnc2)C1. The van der Waals surface area contributed by atoms with Crippen molar-refractivity contribution in [2.75, 3.05) is 16.6 Å². The van der Waals surface area contributed by atoms with Crippen LogP contribution in [0.3, 0.4) is 0 Å². The van der Waals surface area contributed by atoms with E-state index in [-0.39, 0.29) is 17.5 Å². The molecule has 116 valence electrons. The number of carbonyl (C=O) groups is 1. The Kier molecular flexibility index (Phi) is 3.53. The third kappa shape index (κ3) is 2.70. The maximum atomic E-state index is 13.3. The Labute approximate surface area is 136 Å². The number of nitrogens with one attached hydrogen (secondary N) is 1. The third-order valence-corrected chi connectivity index (χ3v) is 5.20. The number of fused-ring (bicyclic) bond motifs is 1. The number of aromatic nitrogens is 2. The first-order chi connectivity index (χ1) is 11.2. The molecule has 0 saturated carbocycles. The van der Waals surface area contributed by atoms with Crippen molar-refractivity contribution in [3.05, 3.63) is 60.3 Å². The molecule has 4 rings (SSSR count). The van der Waals surface area contributed by atoms with E-state index < -0.39 is 0 Å². The molecule has 4 nitrogen and oxygen atoms in total. The highest BCUT2D eigenvalue weighted by Crippen LogP contribution is 2.32. The summed E-state index contributed by atoms with van der Waals surface area (Å²) in [7, 11) is 0. The Bertz CT molecular complexity index is 865. The fraction of sp³-hybridized carbons (Fsp3) is 0.176. The van der Waals surface area contributed by atoms with Crippen molar-refractivity contribution in [2.45, 2.75) is 0 Å². The molecule has 0 aliphatic carbocycles. The van der Waals surface area contributed by atoms with Crippen LogP contribution in [0.5, 0.6) is 0 Å². The standard InChI is InChI=1S/C17H14FN3OS/c18-13-4-3-11-6-16(20-15(11)7-13)17(22)12-9-21(23-10-12)14-2-1-5-19-8-14/h1-8,12,20H,9-10H2. The fourth-order valence-electron chi connectivity index (χ4n) is 2.78. The number of anilines is 1. The topological polar surface area (TPSA) is 49.0 Å². The van der Waals surface area contributed by atoms with Crippen LogP contribution in [0.25, 0.3) is 10.9 Å². The van der Waals surface area contributed by atoms with E-state index in [9.17, 15) is 9.18 Å². The summed E-state index contributed by atoms with van der Waals surface area (Å²) in [5.74, 6) is 0.411. The number of hydrogen-bond donors (Lipinski definition) is 1. The second-order valence-electron chi connectivity index (χ2n) is 5.54. The predicted octanol–water partition coefficient (Wildman–Crippen LogP) is 3.67. The zero-order valence-electron chi connectivity index (χ0n) is 12.2. The number of hydrogen-bond acceptors (Lipinski definition) is 4. The molecule has 1 N–H and O–H groups in total. The number of ketones is 1. The average molecular weight is 327 g/mol. The summed E-state index contributed by atoms with van der Waals surface area (Å²) in [4.78, 5) is 19.8. The van der Waals surface area contributed by atoms with Gasteiger partial charge >= 0.3 is 0 Å². The summed E-state index contributed by atoms with van der Waals surface area (Å²) in [5, 5.41) is 0.851. The fourth-order valence-corrected chi connectivity index (χ4v) is 3.94. The lowest BCUT2D eigenvalue weighted by Crippen LogP contribution is -2.22. The van der Waals surface area contributed by atoms with Gasteiger partial charge < -0.3 is 9.29 Å². The largest absolute Gasteiger partial charge is 0.352 e.